The monoisotopic (exact) mass is 416 g/mol. The number of esters is 2. The van der Waals surface area contributed by atoms with Gasteiger partial charge in [-0.3, -0.25) is 0 Å². The van der Waals surface area contributed by atoms with Crippen LogP contribution in [-0.4, -0.2) is 37.4 Å². The van der Waals surface area contributed by atoms with E-state index in [4.69, 9.17) is 30.8 Å². The Kier molecular flexibility index (Phi) is 6.63. The molecular formula is C20H20N2O6S. The first-order valence-electron chi connectivity index (χ1n) is 8.79. The molecule has 3 rings (SSSR count). The summed E-state index contributed by atoms with van der Waals surface area (Å²) in [5.74, 6) is -0.613. The Morgan fingerprint density at radius 1 is 1.14 bits per heavy atom. The molecule has 0 saturated carbocycles. The lowest BCUT2D eigenvalue weighted by Gasteiger charge is -2.30. The molecule has 1 atom stereocenters. The molecule has 1 aromatic heterocycles. The average Bonchev–Trinajstić information content (AvgIpc) is 3.23. The van der Waals surface area contributed by atoms with E-state index in [0.717, 1.165) is 5.56 Å². The summed E-state index contributed by atoms with van der Waals surface area (Å²) >= 11 is 5.23. The maximum Gasteiger partial charge on any atom is 0.379 e. The molecule has 8 nitrogen and oxygen atoms in total. The summed E-state index contributed by atoms with van der Waals surface area (Å²) in [6.07, 6.45) is 1.40. The zero-order valence-corrected chi connectivity index (χ0v) is 16.7. The highest BCUT2D eigenvalue weighted by Crippen LogP contribution is 2.29. The topological polar surface area (TPSA) is 99.0 Å². The second-order valence-electron chi connectivity index (χ2n) is 6.13. The molecular weight excluding hydrogens is 396 g/mol. The van der Waals surface area contributed by atoms with Gasteiger partial charge < -0.3 is 29.3 Å². The fraction of sp³-hybridized carbons (Fsp3) is 0.250. The van der Waals surface area contributed by atoms with Gasteiger partial charge >= 0.3 is 11.9 Å². The lowest BCUT2D eigenvalue weighted by atomic mass is 9.95. The number of thiocarbonyl (C=S) groups is 1. The molecule has 1 aromatic carbocycles. The summed E-state index contributed by atoms with van der Waals surface area (Å²) < 4.78 is 20.5. The molecule has 0 fully saturated rings. The third-order valence-corrected chi connectivity index (χ3v) is 4.38. The van der Waals surface area contributed by atoms with Gasteiger partial charge in [-0.2, -0.15) is 0 Å². The molecule has 29 heavy (non-hydrogen) atoms. The Balaban J connectivity index is 1.77. The van der Waals surface area contributed by atoms with Crippen LogP contribution in [0.1, 0.15) is 29.1 Å². The SMILES string of the molecule is COCCOC(=O)C1=C(C)NC(=S)N[C@H]1c1ccc(OC(=O)c2ccco2)cc1. The second-order valence-corrected chi connectivity index (χ2v) is 6.54. The summed E-state index contributed by atoms with van der Waals surface area (Å²) in [5.41, 5.74) is 1.77. The van der Waals surface area contributed by atoms with Gasteiger partial charge in [-0.15, -0.1) is 0 Å². The number of allylic oxidation sites excluding steroid dienone is 1. The maximum atomic E-state index is 12.6. The van der Waals surface area contributed by atoms with E-state index >= 15 is 0 Å². The molecule has 0 spiro atoms. The molecule has 2 aromatic rings. The van der Waals surface area contributed by atoms with Crippen LogP contribution in [0.4, 0.5) is 0 Å². The van der Waals surface area contributed by atoms with Crippen molar-refractivity contribution in [2.45, 2.75) is 13.0 Å². The van der Waals surface area contributed by atoms with Crippen molar-refractivity contribution in [1.29, 1.82) is 0 Å². The minimum atomic E-state index is -0.595. The number of benzene rings is 1. The first-order valence-corrected chi connectivity index (χ1v) is 9.20. The van der Waals surface area contributed by atoms with Crippen LogP contribution in [0.25, 0.3) is 0 Å². The van der Waals surface area contributed by atoms with Crippen molar-refractivity contribution in [3.05, 3.63) is 65.3 Å². The fourth-order valence-electron chi connectivity index (χ4n) is 2.79. The fourth-order valence-corrected chi connectivity index (χ4v) is 3.06. The van der Waals surface area contributed by atoms with Gasteiger partial charge in [0.05, 0.1) is 24.5 Å². The Bertz CT molecular complexity index is 921. The van der Waals surface area contributed by atoms with Crippen molar-refractivity contribution >= 4 is 29.3 Å². The summed E-state index contributed by atoms with van der Waals surface area (Å²) in [7, 11) is 1.53. The van der Waals surface area contributed by atoms with Gasteiger partial charge in [0.1, 0.15) is 12.4 Å². The summed E-state index contributed by atoms with van der Waals surface area (Å²) in [4.78, 5) is 24.6. The lowest BCUT2D eigenvalue weighted by molar-refractivity contribution is -0.140. The minimum absolute atomic E-state index is 0.110. The summed E-state index contributed by atoms with van der Waals surface area (Å²) in [6, 6.07) is 9.36. The molecule has 0 amide bonds. The predicted molar refractivity (Wildman–Crippen MR) is 107 cm³/mol. The summed E-state index contributed by atoms with van der Waals surface area (Å²) in [5, 5.41) is 6.41. The molecule has 0 aliphatic carbocycles. The highest BCUT2D eigenvalue weighted by Gasteiger charge is 2.31. The third-order valence-electron chi connectivity index (χ3n) is 4.16. The van der Waals surface area contributed by atoms with E-state index in [0.29, 0.717) is 28.7 Å². The number of ether oxygens (including phenoxy) is 3. The Labute approximate surface area is 172 Å². The number of methoxy groups -OCH3 is 1. The molecule has 0 radical (unpaired) electrons. The van der Waals surface area contributed by atoms with Crippen molar-refractivity contribution in [2.75, 3.05) is 20.3 Å². The number of nitrogens with one attached hydrogen (secondary N) is 2. The smallest absolute Gasteiger partial charge is 0.379 e. The number of rotatable bonds is 7. The van der Waals surface area contributed by atoms with Crippen LogP contribution in [0, 0.1) is 0 Å². The molecule has 0 bridgehead atoms. The number of hydrogen-bond acceptors (Lipinski definition) is 7. The molecule has 2 heterocycles. The van der Waals surface area contributed by atoms with E-state index in [1.54, 1.807) is 37.3 Å². The minimum Gasteiger partial charge on any atom is -0.460 e. The predicted octanol–water partition coefficient (Wildman–Crippen LogP) is 2.48. The number of hydrogen-bond donors (Lipinski definition) is 2. The van der Waals surface area contributed by atoms with E-state index < -0.39 is 18.0 Å². The molecule has 0 saturated heterocycles. The highest BCUT2D eigenvalue weighted by molar-refractivity contribution is 7.80. The van der Waals surface area contributed by atoms with E-state index in [2.05, 4.69) is 10.6 Å². The van der Waals surface area contributed by atoms with Crippen molar-refractivity contribution in [3.8, 4) is 5.75 Å². The summed E-state index contributed by atoms with van der Waals surface area (Å²) in [6.45, 7) is 2.20. The van der Waals surface area contributed by atoms with E-state index in [9.17, 15) is 9.59 Å². The molecule has 1 aliphatic heterocycles. The van der Waals surface area contributed by atoms with Gasteiger partial charge in [0.2, 0.25) is 5.76 Å². The Hall–Kier alpha value is -3.17. The van der Waals surface area contributed by atoms with Crippen LogP contribution in [0.2, 0.25) is 0 Å². The number of carbonyl (C=O) groups excluding carboxylic acids is 2. The van der Waals surface area contributed by atoms with E-state index in [1.165, 1.54) is 19.4 Å². The zero-order valence-electron chi connectivity index (χ0n) is 15.9. The maximum absolute atomic E-state index is 12.6. The van der Waals surface area contributed by atoms with Crippen LogP contribution < -0.4 is 15.4 Å². The van der Waals surface area contributed by atoms with E-state index in [-0.39, 0.29) is 12.4 Å². The number of furan rings is 1. The highest BCUT2D eigenvalue weighted by atomic mass is 32.1. The van der Waals surface area contributed by atoms with Gasteiger partial charge in [-0.05, 0) is 49.0 Å². The largest absolute Gasteiger partial charge is 0.460 e. The van der Waals surface area contributed by atoms with Crippen molar-refractivity contribution in [1.82, 2.24) is 10.6 Å². The third kappa shape index (κ3) is 5.01. The van der Waals surface area contributed by atoms with Crippen molar-refractivity contribution in [2.24, 2.45) is 0 Å². The van der Waals surface area contributed by atoms with Crippen LogP contribution >= 0.6 is 12.2 Å². The van der Waals surface area contributed by atoms with Gasteiger partial charge in [0.15, 0.2) is 5.11 Å². The van der Waals surface area contributed by atoms with Gasteiger partial charge in [0, 0.05) is 12.8 Å². The van der Waals surface area contributed by atoms with Gasteiger partial charge in [0.25, 0.3) is 0 Å². The first-order chi connectivity index (χ1) is 14.0. The average molecular weight is 416 g/mol. The molecule has 9 heteroatoms. The molecule has 152 valence electrons. The van der Waals surface area contributed by atoms with Crippen LogP contribution in [0.3, 0.4) is 0 Å². The second kappa shape index (κ2) is 9.35. The van der Waals surface area contributed by atoms with Crippen molar-refractivity contribution < 1.29 is 28.2 Å². The van der Waals surface area contributed by atoms with Crippen LogP contribution in [0.5, 0.6) is 5.75 Å². The lowest BCUT2D eigenvalue weighted by Crippen LogP contribution is -2.45. The molecule has 0 unspecified atom stereocenters. The zero-order chi connectivity index (χ0) is 20.8. The number of carbonyl (C=O) groups is 2. The Morgan fingerprint density at radius 3 is 2.55 bits per heavy atom. The van der Waals surface area contributed by atoms with Gasteiger partial charge in [-0.25, -0.2) is 9.59 Å². The molecule has 2 N–H and O–H groups in total. The normalized spacial score (nSPS) is 16.1. The standard InChI is InChI=1S/C20H20N2O6S/c1-12-16(19(24)27-11-10-25-2)17(22-20(29)21-12)13-5-7-14(8-6-13)28-18(23)15-4-3-9-26-15/h3-9,17H,10-11H2,1-2H3,(H2,21,22,29)/t17-/m0/s1. The Morgan fingerprint density at radius 2 is 1.90 bits per heavy atom. The van der Waals surface area contributed by atoms with E-state index in [1.807, 2.05) is 0 Å². The first kappa shape index (κ1) is 20.6. The molecule has 1 aliphatic rings. The van der Waals surface area contributed by atoms with Crippen LogP contribution in [-0.2, 0) is 14.3 Å². The van der Waals surface area contributed by atoms with Crippen molar-refractivity contribution in [3.63, 3.8) is 0 Å². The van der Waals surface area contributed by atoms with Crippen LogP contribution in [0.15, 0.2) is 58.3 Å². The quantitative estimate of drug-likeness (QED) is 0.305. The van der Waals surface area contributed by atoms with Gasteiger partial charge in [-0.1, -0.05) is 12.1 Å².